The van der Waals surface area contributed by atoms with E-state index in [9.17, 15) is 0 Å². The lowest BCUT2D eigenvalue weighted by molar-refractivity contribution is 0.0469. The van der Waals surface area contributed by atoms with Gasteiger partial charge in [-0.1, -0.05) is 6.04 Å². The summed E-state index contributed by atoms with van der Waals surface area (Å²) in [5.74, 6) is 0. The normalized spacial score (nSPS) is 10.8. The molecule has 0 aliphatic heterocycles. The van der Waals surface area contributed by atoms with Gasteiger partial charge in [-0.2, -0.15) is 0 Å². The van der Waals surface area contributed by atoms with Gasteiger partial charge in [0, 0.05) is 23.5 Å². The van der Waals surface area contributed by atoms with E-state index < -0.39 is 0 Å². The van der Waals surface area contributed by atoms with E-state index in [2.05, 4.69) is 0 Å². The van der Waals surface area contributed by atoms with Crippen LogP contribution in [0.1, 0.15) is 19.3 Å². The van der Waals surface area contributed by atoms with E-state index in [1.807, 2.05) is 0 Å². The van der Waals surface area contributed by atoms with Crippen molar-refractivity contribution in [3.05, 3.63) is 0 Å². The van der Waals surface area contributed by atoms with Crippen LogP contribution < -0.4 is 5.73 Å². The quantitative estimate of drug-likeness (QED) is 0.401. The zero-order chi connectivity index (χ0) is 9.78. The van der Waals surface area contributed by atoms with E-state index in [0.29, 0.717) is 0 Å². The summed E-state index contributed by atoms with van der Waals surface area (Å²) in [5.41, 5.74) is 5.35. The lowest BCUT2D eigenvalue weighted by Crippen LogP contribution is -2.07. The predicted octanol–water partition coefficient (Wildman–Crippen LogP) is -0.0677. The molecular formula is C9H23NO2Si. The molecule has 0 amide bonds. The first-order valence-electron chi connectivity index (χ1n) is 5.27. The van der Waals surface area contributed by atoms with Crippen molar-refractivity contribution in [1.82, 2.24) is 0 Å². The average Bonchev–Trinajstić information content (AvgIpc) is 2.16. The summed E-state index contributed by atoms with van der Waals surface area (Å²) in [4.78, 5) is 0. The topological polar surface area (TPSA) is 44.5 Å². The minimum Gasteiger partial charge on any atom is -0.379 e. The Morgan fingerprint density at radius 3 is 2.00 bits per heavy atom. The van der Waals surface area contributed by atoms with Crippen LogP contribution in [-0.4, -0.2) is 43.2 Å². The van der Waals surface area contributed by atoms with Crippen molar-refractivity contribution in [2.45, 2.75) is 25.3 Å². The monoisotopic (exact) mass is 205 g/mol. The van der Waals surface area contributed by atoms with Gasteiger partial charge in [0.25, 0.3) is 0 Å². The first kappa shape index (κ1) is 13.1. The maximum atomic E-state index is 5.35. The minimum atomic E-state index is 0.728. The van der Waals surface area contributed by atoms with Crippen molar-refractivity contribution in [2.24, 2.45) is 5.73 Å². The van der Waals surface area contributed by atoms with E-state index in [-0.39, 0.29) is 0 Å². The molecule has 0 bridgehead atoms. The van der Waals surface area contributed by atoms with Crippen molar-refractivity contribution < 1.29 is 9.47 Å². The lowest BCUT2D eigenvalue weighted by atomic mass is 10.3. The van der Waals surface area contributed by atoms with Crippen molar-refractivity contribution in [1.29, 1.82) is 0 Å². The molecule has 0 heterocycles. The summed E-state index contributed by atoms with van der Waals surface area (Å²) in [6.45, 7) is 3.95. The standard InChI is InChI=1S/C9H23NO2Si/c10-4-1-2-5-11-7-8-12-6-3-9-13/h1-10H2,13H3. The molecular weight excluding hydrogens is 182 g/mol. The molecule has 0 spiro atoms. The fourth-order valence-corrected chi connectivity index (χ4v) is 1.21. The maximum Gasteiger partial charge on any atom is 0.0700 e. The summed E-state index contributed by atoms with van der Waals surface area (Å²) in [6.07, 6.45) is 3.33. The molecule has 0 unspecified atom stereocenters. The van der Waals surface area contributed by atoms with Gasteiger partial charge in [-0.3, -0.25) is 0 Å². The van der Waals surface area contributed by atoms with Crippen molar-refractivity contribution >= 4 is 10.2 Å². The molecule has 0 aliphatic carbocycles. The highest BCUT2D eigenvalue weighted by molar-refractivity contribution is 6.08. The highest BCUT2D eigenvalue weighted by Gasteiger charge is 1.89. The zero-order valence-electron chi connectivity index (χ0n) is 8.76. The fraction of sp³-hybridized carbons (Fsp3) is 1.00. The first-order valence-corrected chi connectivity index (χ1v) is 6.68. The van der Waals surface area contributed by atoms with Crippen LogP contribution in [0.3, 0.4) is 0 Å². The van der Waals surface area contributed by atoms with Crippen LogP contribution >= 0.6 is 0 Å². The molecule has 3 nitrogen and oxygen atoms in total. The third kappa shape index (κ3) is 12.1. The van der Waals surface area contributed by atoms with Gasteiger partial charge in [0.2, 0.25) is 0 Å². The number of hydrogen-bond acceptors (Lipinski definition) is 3. The van der Waals surface area contributed by atoms with Crippen LogP contribution in [0.25, 0.3) is 0 Å². The van der Waals surface area contributed by atoms with Crippen molar-refractivity contribution in [3.8, 4) is 0 Å². The maximum absolute atomic E-state index is 5.35. The van der Waals surface area contributed by atoms with Gasteiger partial charge in [0.15, 0.2) is 0 Å². The number of hydrogen-bond donors (Lipinski definition) is 1. The second-order valence-corrected chi connectivity index (χ2v) is 4.07. The smallest absolute Gasteiger partial charge is 0.0700 e. The Bertz CT molecular complexity index is 83.7. The van der Waals surface area contributed by atoms with Gasteiger partial charge in [-0.15, -0.1) is 0 Å². The molecule has 0 aromatic rings. The largest absolute Gasteiger partial charge is 0.379 e. The number of rotatable bonds is 10. The predicted molar refractivity (Wildman–Crippen MR) is 59.3 cm³/mol. The van der Waals surface area contributed by atoms with Crippen LogP contribution in [0.2, 0.25) is 6.04 Å². The first-order chi connectivity index (χ1) is 6.41. The van der Waals surface area contributed by atoms with Crippen LogP contribution in [0.4, 0.5) is 0 Å². The molecule has 2 N–H and O–H groups in total. The van der Waals surface area contributed by atoms with Gasteiger partial charge in [-0.25, -0.2) is 0 Å². The van der Waals surface area contributed by atoms with E-state index in [4.69, 9.17) is 15.2 Å². The molecule has 0 aromatic carbocycles. The van der Waals surface area contributed by atoms with Gasteiger partial charge < -0.3 is 15.2 Å². The molecule has 0 saturated heterocycles. The molecule has 13 heavy (non-hydrogen) atoms. The molecule has 80 valence electrons. The molecule has 0 radical (unpaired) electrons. The Hall–Kier alpha value is 0.0969. The van der Waals surface area contributed by atoms with Gasteiger partial charge in [0.1, 0.15) is 0 Å². The van der Waals surface area contributed by atoms with Crippen molar-refractivity contribution in [3.63, 3.8) is 0 Å². The van der Waals surface area contributed by atoms with E-state index in [1.165, 1.54) is 22.7 Å². The van der Waals surface area contributed by atoms with Crippen LogP contribution in [0.5, 0.6) is 0 Å². The van der Waals surface area contributed by atoms with Crippen LogP contribution in [0, 0.1) is 0 Å². The zero-order valence-corrected chi connectivity index (χ0v) is 10.8. The minimum absolute atomic E-state index is 0.728. The highest BCUT2D eigenvalue weighted by atomic mass is 28.1. The number of ether oxygens (including phenoxy) is 2. The molecule has 4 heteroatoms. The Labute approximate surface area is 84.4 Å². The summed E-state index contributed by atoms with van der Waals surface area (Å²) in [7, 11) is 1.29. The summed E-state index contributed by atoms with van der Waals surface area (Å²) in [5, 5.41) is 0. The van der Waals surface area contributed by atoms with Gasteiger partial charge in [0.05, 0.1) is 13.2 Å². The molecule has 0 fully saturated rings. The Kier molecular flexibility index (Phi) is 12.2. The highest BCUT2D eigenvalue weighted by Crippen LogP contribution is 1.89. The second-order valence-electron chi connectivity index (χ2n) is 3.07. The molecule has 0 saturated carbocycles. The molecule has 0 aromatic heterocycles. The SMILES string of the molecule is NCCCCOCCOCCC[SiH3]. The number of nitrogens with two attached hydrogens (primary N) is 1. The fourth-order valence-electron chi connectivity index (χ4n) is 0.917. The van der Waals surface area contributed by atoms with E-state index in [1.54, 1.807) is 0 Å². The van der Waals surface area contributed by atoms with Crippen LogP contribution in [0.15, 0.2) is 0 Å². The van der Waals surface area contributed by atoms with Gasteiger partial charge >= 0.3 is 0 Å². The Morgan fingerprint density at radius 1 is 0.846 bits per heavy atom. The summed E-state index contributed by atoms with van der Waals surface area (Å²) in [6, 6.07) is 1.33. The summed E-state index contributed by atoms with van der Waals surface area (Å²) >= 11 is 0. The van der Waals surface area contributed by atoms with Crippen LogP contribution in [-0.2, 0) is 9.47 Å². The van der Waals surface area contributed by atoms with Crippen molar-refractivity contribution in [2.75, 3.05) is 33.0 Å². The van der Waals surface area contributed by atoms with Gasteiger partial charge in [-0.05, 0) is 25.8 Å². The molecule has 0 rings (SSSR count). The molecule has 0 aliphatic rings. The average molecular weight is 205 g/mol. The van der Waals surface area contributed by atoms with E-state index >= 15 is 0 Å². The molecule has 0 atom stereocenters. The third-order valence-electron chi connectivity index (χ3n) is 1.76. The number of unbranched alkanes of at least 4 members (excludes halogenated alkanes) is 1. The summed E-state index contributed by atoms with van der Waals surface area (Å²) < 4.78 is 10.7. The third-order valence-corrected chi connectivity index (χ3v) is 2.46. The lowest BCUT2D eigenvalue weighted by Gasteiger charge is -2.04. The second kappa shape index (κ2) is 12.1. The Balaban J connectivity index is 2.76. The Morgan fingerprint density at radius 2 is 1.46 bits per heavy atom. The van der Waals surface area contributed by atoms with E-state index in [0.717, 1.165) is 45.8 Å².